The number of esters is 1. The molecule has 1 saturated carbocycles. The molecule has 0 spiro atoms. The first kappa shape index (κ1) is 13.2. The third kappa shape index (κ3) is 2.42. The van der Waals surface area contributed by atoms with Gasteiger partial charge in [0, 0.05) is 12.5 Å². The van der Waals surface area contributed by atoms with Crippen molar-refractivity contribution in [3.8, 4) is 0 Å². The topological polar surface area (TPSA) is 46.6 Å². The lowest BCUT2D eigenvalue weighted by atomic mass is 9.90. The maximum Gasteiger partial charge on any atom is 0.307 e. The molecule has 20 heavy (non-hydrogen) atoms. The Bertz CT molecular complexity index is 536. The van der Waals surface area contributed by atoms with Crippen molar-refractivity contribution in [1.82, 2.24) is 4.90 Å². The van der Waals surface area contributed by atoms with E-state index in [2.05, 4.69) is 6.07 Å². The van der Waals surface area contributed by atoms with E-state index in [1.54, 1.807) is 0 Å². The zero-order valence-electron chi connectivity index (χ0n) is 11.7. The number of benzene rings is 1. The molecule has 0 N–H and O–H groups in total. The van der Waals surface area contributed by atoms with Gasteiger partial charge in [0.05, 0.1) is 19.6 Å². The van der Waals surface area contributed by atoms with E-state index in [4.69, 9.17) is 4.74 Å². The number of methoxy groups -OCH3 is 1. The molecular weight excluding hydrogens is 254 g/mol. The Morgan fingerprint density at radius 1 is 1.30 bits per heavy atom. The minimum Gasteiger partial charge on any atom is -0.469 e. The van der Waals surface area contributed by atoms with E-state index in [0.29, 0.717) is 6.54 Å². The number of carbonyl (C=O) groups excluding carboxylic acids is 2. The molecule has 1 atom stereocenters. The van der Waals surface area contributed by atoms with Gasteiger partial charge in [0.15, 0.2) is 0 Å². The zero-order valence-corrected chi connectivity index (χ0v) is 11.7. The number of carbonyl (C=O) groups is 2. The fraction of sp³-hybridized carbons (Fsp3) is 0.500. The minimum atomic E-state index is -0.264. The highest BCUT2D eigenvalue weighted by Crippen LogP contribution is 2.38. The van der Waals surface area contributed by atoms with Crippen LogP contribution in [0.4, 0.5) is 0 Å². The fourth-order valence-corrected chi connectivity index (χ4v) is 2.94. The summed E-state index contributed by atoms with van der Waals surface area (Å²) in [5.74, 6) is 0.120. The van der Waals surface area contributed by atoms with Gasteiger partial charge < -0.3 is 9.64 Å². The summed E-state index contributed by atoms with van der Waals surface area (Å²) in [6, 6.07) is 7.91. The average Bonchev–Trinajstić information content (AvgIpc) is 3.31. The number of nitrogens with zero attached hydrogens (tertiary/aromatic N) is 1. The number of hydrogen-bond acceptors (Lipinski definition) is 3. The van der Waals surface area contributed by atoms with Crippen LogP contribution in [0, 0.1) is 5.92 Å². The summed E-state index contributed by atoms with van der Waals surface area (Å²) in [4.78, 5) is 26.0. The summed E-state index contributed by atoms with van der Waals surface area (Å²) < 4.78 is 4.80. The molecular formula is C16H19NO3. The third-order valence-electron chi connectivity index (χ3n) is 4.21. The van der Waals surface area contributed by atoms with Gasteiger partial charge in [0.2, 0.25) is 5.91 Å². The van der Waals surface area contributed by atoms with Crippen molar-refractivity contribution in [2.75, 3.05) is 13.7 Å². The molecule has 0 aromatic heterocycles. The monoisotopic (exact) mass is 273 g/mol. The molecule has 3 rings (SSSR count). The molecule has 4 heteroatoms. The van der Waals surface area contributed by atoms with Crippen molar-refractivity contribution >= 4 is 11.9 Å². The van der Waals surface area contributed by atoms with Crippen LogP contribution in [0.25, 0.3) is 0 Å². The molecule has 1 aromatic carbocycles. The van der Waals surface area contributed by atoms with Gasteiger partial charge in [-0.15, -0.1) is 0 Å². The van der Waals surface area contributed by atoms with Crippen LogP contribution in [0.3, 0.4) is 0 Å². The molecule has 1 aliphatic heterocycles. The molecule has 0 radical (unpaired) electrons. The van der Waals surface area contributed by atoms with Crippen LogP contribution in [0.1, 0.15) is 36.4 Å². The first-order valence-electron chi connectivity index (χ1n) is 7.16. The average molecular weight is 273 g/mol. The zero-order chi connectivity index (χ0) is 14.1. The lowest BCUT2D eigenvalue weighted by molar-refractivity contribution is -0.144. The van der Waals surface area contributed by atoms with E-state index < -0.39 is 0 Å². The SMILES string of the molecule is COC(=O)C[C@H]1c2ccccc2CCN1C(=O)C1CC1. The van der Waals surface area contributed by atoms with Gasteiger partial charge in [-0.05, 0) is 30.4 Å². The Balaban J connectivity index is 1.90. The highest BCUT2D eigenvalue weighted by molar-refractivity contribution is 5.82. The molecule has 0 unspecified atom stereocenters. The quantitative estimate of drug-likeness (QED) is 0.792. The van der Waals surface area contributed by atoms with Crippen LogP contribution in [-0.4, -0.2) is 30.4 Å². The van der Waals surface area contributed by atoms with Crippen molar-refractivity contribution in [3.63, 3.8) is 0 Å². The van der Waals surface area contributed by atoms with E-state index in [9.17, 15) is 9.59 Å². The van der Waals surface area contributed by atoms with Crippen LogP contribution in [0.15, 0.2) is 24.3 Å². The van der Waals surface area contributed by atoms with Crippen LogP contribution < -0.4 is 0 Å². The van der Waals surface area contributed by atoms with Crippen molar-refractivity contribution < 1.29 is 14.3 Å². The number of hydrogen-bond donors (Lipinski definition) is 0. The fourth-order valence-electron chi connectivity index (χ4n) is 2.94. The number of amides is 1. The van der Waals surface area contributed by atoms with Crippen molar-refractivity contribution in [1.29, 1.82) is 0 Å². The Kier molecular flexibility index (Phi) is 3.47. The number of fused-ring (bicyclic) bond motifs is 1. The van der Waals surface area contributed by atoms with Gasteiger partial charge in [0.25, 0.3) is 0 Å². The first-order chi connectivity index (χ1) is 9.70. The summed E-state index contributed by atoms with van der Waals surface area (Å²) in [5, 5.41) is 0. The molecule has 1 aliphatic carbocycles. The minimum absolute atomic E-state index is 0.166. The third-order valence-corrected chi connectivity index (χ3v) is 4.21. The predicted molar refractivity (Wildman–Crippen MR) is 74.0 cm³/mol. The molecule has 1 fully saturated rings. The molecule has 1 heterocycles. The maximum absolute atomic E-state index is 12.4. The second-order valence-electron chi connectivity index (χ2n) is 5.55. The summed E-state index contributed by atoms with van der Waals surface area (Å²) in [7, 11) is 1.39. The summed E-state index contributed by atoms with van der Waals surface area (Å²) in [6.45, 7) is 0.702. The van der Waals surface area contributed by atoms with Crippen LogP contribution in [-0.2, 0) is 20.7 Å². The largest absolute Gasteiger partial charge is 0.469 e. The predicted octanol–water partition coefficient (Wildman–Crippen LogP) is 2.09. The molecule has 2 aliphatic rings. The molecule has 1 amide bonds. The summed E-state index contributed by atoms with van der Waals surface area (Å²) >= 11 is 0. The van der Waals surface area contributed by atoms with Gasteiger partial charge in [-0.2, -0.15) is 0 Å². The summed E-state index contributed by atoms with van der Waals surface area (Å²) in [6.07, 6.45) is 3.09. The Morgan fingerprint density at radius 2 is 2.05 bits per heavy atom. The van der Waals surface area contributed by atoms with Gasteiger partial charge >= 0.3 is 5.97 Å². The first-order valence-corrected chi connectivity index (χ1v) is 7.16. The Hall–Kier alpha value is -1.84. The smallest absolute Gasteiger partial charge is 0.307 e. The van der Waals surface area contributed by atoms with Crippen LogP contribution >= 0.6 is 0 Å². The van der Waals surface area contributed by atoms with Crippen LogP contribution in [0.5, 0.6) is 0 Å². The van der Waals surface area contributed by atoms with E-state index in [1.807, 2.05) is 23.1 Å². The van der Waals surface area contributed by atoms with E-state index in [0.717, 1.165) is 24.8 Å². The molecule has 0 saturated heterocycles. The standard InChI is InChI=1S/C16H19NO3/c1-20-15(18)10-14-13-5-3-2-4-11(13)8-9-17(14)16(19)12-6-7-12/h2-5,12,14H,6-10H2,1H3/t14-/m0/s1. The Morgan fingerprint density at radius 3 is 2.75 bits per heavy atom. The van der Waals surface area contributed by atoms with Gasteiger partial charge in [-0.1, -0.05) is 24.3 Å². The second-order valence-corrected chi connectivity index (χ2v) is 5.55. The lowest BCUT2D eigenvalue weighted by Gasteiger charge is -2.37. The maximum atomic E-state index is 12.4. The van der Waals surface area contributed by atoms with E-state index in [1.165, 1.54) is 12.7 Å². The van der Waals surface area contributed by atoms with Gasteiger partial charge in [-0.25, -0.2) is 0 Å². The Labute approximate surface area is 118 Å². The molecule has 0 bridgehead atoms. The van der Waals surface area contributed by atoms with Crippen molar-refractivity contribution in [2.45, 2.75) is 31.7 Å². The van der Waals surface area contributed by atoms with Crippen molar-refractivity contribution in [2.24, 2.45) is 5.92 Å². The molecule has 106 valence electrons. The summed E-state index contributed by atoms with van der Waals surface area (Å²) in [5.41, 5.74) is 2.33. The normalized spacial score (nSPS) is 21.2. The van der Waals surface area contributed by atoms with E-state index in [-0.39, 0.29) is 30.3 Å². The molecule has 1 aromatic rings. The van der Waals surface area contributed by atoms with Gasteiger partial charge in [0.1, 0.15) is 0 Å². The molecule has 4 nitrogen and oxygen atoms in total. The lowest BCUT2D eigenvalue weighted by Crippen LogP contribution is -2.41. The highest BCUT2D eigenvalue weighted by Gasteiger charge is 2.39. The number of rotatable bonds is 3. The highest BCUT2D eigenvalue weighted by atomic mass is 16.5. The second kappa shape index (κ2) is 5.27. The number of ether oxygens (including phenoxy) is 1. The van der Waals surface area contributed by atoms with Crippen molar-refractivity contribution in [3.05, 3.63) is 35.4 Å². The van der Waals surface area contributed by atoms with E-state index >= 15 is 0 Å². The van der Waals surface area contributed by atoms with Crippen LogP contribution in [0.2, 0.25) is 0 Å². The van der Waals surface area contributed by atoms with Gasteiger partial charge in [-0.3, -0.25) is 9.59 Å².